The number of nitrogens with zero attached hydrogens (tertiary/aromatic N) is 1. The number of amides is 1. The summed E-state index contributed by atoms with van der Waals surface area (Å²) in [6.45, 7) is 9.66. The normalized spacial score (nSPS) is 12.7. The summed E-state index contributed by atoms with van der Waals surface area (Å²) in [5, 5.41) is 3.03. The first-order chi connectivity index (χ1) is 10.6. The van der Waals surface area contributed by atoms with Crippen LogP contribution in [-0.2, 0) is 11.2 Å². The van der Waals surface area contributed by atoms with Gasteiger partial charge in [0.2, 0.25) is 5.91 Å². The van der Waals surface area contributed by atoms with Crippen molar-refractivity contribution in [1.82, 2.24) is 10.2 Å². The summed E-state index contributed by atoms with van der Waals surface area (Å²) in [4.78, 5) is 14.5. The minimum atomic E-state index is -0.479. The van der Waals surface area contributed by atoms with Gasteiger partial charge in [0.05, 0.1) is 6.04 Å². The number of carbonyl (C=O) groups excluding carboxylic acids is 1. The topological polar surface area (TPSA) is 58.4 Å². The average Bonchev–Trinajstić information content (AvgIpc) is 2.52. The number of hydrogen-bond acceptors (Lipinski definition) is 3. The third-order valence-corrected chi connectivity index (χ3v) is 4.03. The molecular weight excluding hydrogens is 345 g/mol. The Hall–Kier alpha value is -0.810. The Balaban J connectivity index is 0. The van der Waals surface area contributed by atoms with E-state index in [4.69, 9.17) is 5.73 Å². The van der Waals surface area contributed by atoms with Crippen molar-refractivity contribution in [2.45, 2.75) is 52.1 Å². The van der Waals surface area contributed by atoms with Gasteiger partial charge in [0.1, 0.15) is 0 Å². The molecule has 0 fully saturated rings. The highest BCUT2D eigenvalue weighted by Crippen LogP contribution is 2.04. The molecule has 6 heteroatoms. The molecule has 0 radical (unpaired) electrons. The Bertz CT molecular complexity index is 428. The van der Waals surface area contributed by atoms with E-state index in [0.29, 0.717) is 6.42 Å². The van der Waals surface area contributed by atoms with E-state index in [2.05, 4.69) is 31.0 Å². The van der Waals surface area contributed by atoms with Gasteiger partial charge in [-0.15, -0.1) is 24.8 Å². The monoisotopic (exact) mass is 377 g/mol. The lowest BCUT2D eigenvalue weighted by Crippen LogP contribution is -2.45. The number of nitrogens with two attached hydrogens (primary N) is 1. The van der Waals surface area contributed by atoms with Crippen LogP contribution in [-0.4, -0.2) is 42.5 Å². The Labute approximate surface area is 159 Å². The first kappa shape index (κ1) is 25.4. The van der Waals surface area contributed by atoms with E-state index in [1.807, 2.05) is 30.3 Å². The van der Waals surface area contributed by atoms with Crippen LogP contribution >= 0.6 is 24.8 Å². The quantitative estimate of drug-likeness (QED) is 0.658. The van der Waals surface area contributed by atoms with Gasteiger partial charge in [-0.3, -0.25) is 4.79 Å². The van der Waals surface area contributed by atoms with Crippen LogP contribution in [0.15, 0.2) is 30.3 Å². The van der Waals surface area contributed by atoms with Gasteiger partial charge in [0.25, 0.3) is 0 Å². The van der Waals surface area contributed by atoms with Crippen molar-refractivity contribution in [2.24, 2.45) is 5.73 Å². The van der Waals surface area contributed by atoms with Crippen molar-refractivity contribution in [3.05, 3.63) is 35.9 Å². The summed E-state index contributed by atoms with van der Waals surface area (Å²) in [6.07, 6.45) is 2.66. The van der Waals surface area contributed by atoms with Gasteiger partial charge in [0, 0.05) is 6.04 Å². The van der Waals surface area contributed by atoms with E-state index >= 15 is 0 Å². The van der Waals surface area contributed by atoms with E-state index in [1.165, 1.54) is 0 Å². The maximum absolute atomic E-state index is 12.1. The molecule has 140 valence electrons. The van der Waals surface area contributed by atoms with E-state index in [9.17, 15) is 4.79 Å². The second kappa shape index (κ2) is 14.5. The third-order valence-electron chi connectivity index (χ3n) is 4.03. The van der Waals surface area contributed by atoms with Crippen molar-refractivity contribution in [3.8, 4) is 0 Å². The molecule has 1 aromatic rings. The lowest BCUT2D eigenvalue weighted by molar-refractivity contribution is -0.123. The molecule has 0 spiro atoms. The molecule has 0 saturated heterocycles. The van der Waals surface area contributed by atoms with Crippen LogP contribution in [0.2, 0.25) is 0 Å². The molecule has 0 aliphatic rings. The molecule has 0 bridgehead atoms. The fourth-order valence-electron chi connectivity index (χ4n) is 2.54. The molecule has 24 heavy (non-hydrogen) atoms. The van der Waals surface area contributed by atoms with Crippen molar-refractivity contribution in [2.75, 3.05) is 19.6 Å². The standard InChI is InChI=1S/C18H31N3O.2ClH/c1-4-21(5-2)13-9-10-15(3)20-18(22)17(19)14-16-11-7-6-8-12-16;;/h6-8,11-12,15,17H,4-5,9-10,13-14,19H2,1-3H3,(H,20,22);2*1H. The number of halogens is 2. The number of benzene rings is 1. The van der Waals surface area contributed by atoms with E-state index < -0.39 is 6.04 Å². The van der Waals surface area contributed by atoms with Crippen LogP contribution in [0, 0.1) is 0 Å². The predicted octanol–water partition coefficient (Wildman–Crippen LogP) is 3.03. The molecule has 1 rings (SSSR count). The summed E-state index contributed by atoms with van der Waals surface area (Å²) >= 11 is 0. The first-order valence-corrected chi connectivity index (χ1v) is 8.39. The summed E-state index contributed by atoms with van der Waals surface area (Å²) in [7, 11) is 0. The highest BCUT2D eigenvalue weighted by molar-refractivity contribution is 5.85. The molecule has 3 N–H and O–H groups in total. The average molecular weight is 378 g/mol. The molecule has 0 aliphatic heterocycles. The van der Waals surface area contributed by atoms with Gasteiger partial charge in [0.15, 0.2) is 0 Å². The molecular formula is C18H33Cl2N3O. The highest BCUT2D eigenvalue weighted by Gasteiger charge is 2.16. The van der Waals surface area contributed by atoms with Crippen LogP contribution in [0.5, 0.6) is 0 Å². The molecule has 1 amide bonds. The minimum absolute atomic E-state index is 0. The number of nitrogens with one attached hydrogen (secondary N) is 1. The van der Waals surface area contributed by atoms with Crippen LogP contribution < -0.4 is 11.1 Å². The fraction of sp³-hybridized carbons (Fsp3) is 0.611. The molecule has 2 unspecified atom stereocenters. The Morgan fingerprint density at radius 3 is 2.29 bits per heavy atom. The van der Waals surface area contributed by atoms with Crippen LogP contribution in [0.3, 0.4) is 0 Å². The zero-order chi connectivity index (χ0) is 16.4. The zero-order valence-corrected chi connectivity index (χ0v) is 16.7. The molecule has 0 saturated carbocycles. The van der Waals surface area contributed by atoms with Gasteiger partial charge in [-0.2, -0.15) is 0 Å². The predicted molar refractivity (Wildman–Crippen MR) is 107 cm³/mol. The van der Waals surface area contributed by atoms with Gasteiger partial charge in [-0.05, 0) is 51.4 Å². The molecule has 1 aromatic carbocycles. The van der Waals surface area contributed by atoms with E-state index in [-0.39, 0.29) is 36.8 Å². The molecule has 2 atom stereocenters. The summed E-state index contributed by atoms with van der Waals surface area (Å²) in [6, 6.07) is 9.59. The molecule has 0 aliphatic carbocycles. The summed E-state index contributed by atoms with van der Waals surface area (Å²) < 4.78 is 0. The van der Waals surface area contributed by atoms with Crippen molar-refractivity contribution in [1.29, 1.82) is 0 Å². The second-order valence-electron chi connectivity index (χ2n) is 5.87. The van der Waals surface area contributed by atoms with E-state index in [1.54, 1.807) is 0 Å². The molecule has 0 aromatic heterocycles. The maximum Gasteiger partial charge on any atom is 0.237 e. The Morgan fingerprint density at radius 1 is 1.17 bits per heavy atom. The zero-order valence-electron chi connectivity index (χ0n) is 15.0. The number of carbonyl (C=O) groups is 1. The first-order valence-electron chi connectivity index (χ1n) is 8.39. The lowest BCUT2D eigenvalue weighted by atomic mass is 10.1. The van der Waals surface area contributed by atoms with E-state index in [0.717, 1.165) is 38.0 Å². The van der Waals surface area contributed by atoms with Crippen LogP contribution in [0.25, 0.3) is 0 Å². The lowest BCUT2D eigenvalue weighted by Gasteiger charge is -2.21. The minimum Gasteiger partial charge on any atom is -0.352 e. The van der Waals surface area contributed by atoms with Gasteiger partial charge in [-0.25, -0.2) is 0 Å². The largest absolute Gasteiger partial charge is 0.352 e. The smallest absolute Gasteiger partial charge is 0.237 e. The van der Waals surface area contributed by atoms with Crippen LogP contribution in [0.4, 0.5) is 0 Å². The Morgan fingerprint density at radius 2 is 1.75 bits per heavy atom. The van der Waals surface area contributed by atoms with Gasteiger partial charge >= 0.3 is 0 Å². The SMILES string of the molecule is CCN(CC)CCCC(C)NC(=O)C(N)Cc1ccccc1.Cl.Cl. The number of hydrogen-bond donors (Lipinski definition) is 2. The van der Waals surface area contributed by atoms with Crippen molar-refractivity contribution in [3.63, 3.8) is 0 Å². The maximum atomic E-state index is 12.1. The highest BCUT2D eigenvalue weighted by atomic mass is 35.5. The van der Waals surface area contributed by atoms with Crippen molar-refractivity contribution >= 4 is 30.7 Å². The molecule has 4 nitrogen and oxygen atoms in total. The summed E-state index contributed by atoms with van der Waals surface area (Å²) in [5.74, 6) is -0.0563. The fourth-order valence-corrected chi connectivity index (χ4v) is 2.54. The Kier molecular flexibility index (Phi) is 15.4. The number of rotatable bonds is 10. The molecule has 0 heterocycles. The summed E-state index contributed by atoms with van der Waals surface area (Å²) in [5.41, 5.74) is 7.09. The van der Waals surface area contributed by atoms with Gasteiger partial charge < -0.3 is 16.0 Å². The van der Waals surface area contributed by atoms with Crippen molar-refractivity contribution < 1.29 is 4.79 Å². The second-order valence-corrected chi connectivity index (χ2v) is 5.87. The van der Waals surface area contributed by atoms with Crippen LogP contribution in [0.1, 0.15) is 39.2 Å². The third kappa shape index (κ3) is 10.1. The van der Waals surface area contributed by atoms with Gasteiger partial charge in [-0.1, -0.05) is 44.2 Å².